The predicted molar refractivity (Wildman–Crippen MR) is 90.8 cm³/mol. The predicted octanol–water partition coefficient (Wildman–Crippen LogP) is 3.13. The Bertz CT molecular complexity index is 901. The highest BCUT2D eigenvalue weighted by Crippen LogP contribution is 2.21. The molecule has 116 valence electrons. The molecule has 5 heteroatoms. The van der Waals surface area contributed by atoms with Gasteiger partial charge in [0.05, 0.1) is 11.1 Å². The smallest absolute Gasteiger partial charge is 0.257 e. The van der Waals surface area contributed by atoms with E-state index < -0.39 is 0 Å². The minimum absolute atomic E-state index is 0.128. The largest absolute Gasteiger partial charge is 0.322 e. The topological polar surface area (TPSA) is 74.8 Å². The molecule has 0 saturated heterocycles. The molecule has 5 nitrogen and oxygen atoms in total. The van der Waals surface area contributed by atoms with Crippen LogP contribution in [0.4, 0.5) is 5.69 Å². The van der Waals surface area contributed by atoms with Crippen molar-refractivity contribution in [3.05, 3.63) is 70.3 Å². The van der Waals surface area contributed by atoms with Gasteiger partial charge in [0.1, 0.15) is 0 Å². The Labute approximate surface area is 133 Å². The summed E-state index contributed by atoms with van der Waals surface area (Å²) in [6.07, 6.45) is 4.95. The second kappa shape index (κ2) is 6.44. The standard InChI is InChI=1S/C18H17N3O2/c1-2-4-12-9-17(22)21-16-10-14(6-7-15(12)16)20-18(23)13-5-3-8-19-11-13/h3,5-11H,2,4H2,1H3,(H,20,23)(H,21,22). The fourth-order valence-corrected chi connectivity index (χ4v) is 2.59. The highest BCUT2D eigenvalue weighted by atomic mass is 16.1. The van der Waals surface area contributed by atoms with E-state index in [1.54, 1.807) is 30.5 Å². The molecule has 0 radical (unpaired) electrons. The van der Waals surface area contributed by atoms with Crippen molar-refractivity contribution in [1.82, 2.24) is 9.97 Å². The Hall–Kier alpha value is -2.95. The van der Waals surface area contributed by atoms with E-state index in [9.17, 15) is 9.59 Å². The quantitative estimate of drug-likeness (QED) is 0.777. The minimum atomic E-state index is -0.232. The van der Waals surface area contributed by atoms with Gasteiger partial charge in [-0.3, -0.25) is 14.6 Å². The van der Waals surface area contributed by atoms with Gasteiger partial charge in [-0.2, -0.15) is 0 Å². The summed E-state index contributed by atoms with van der Waals surface area (Å²) in [7, 11) is 0. The van der Waals surface area contributed by atoms with Crippen molar-refractivity contribution in [2.75, 3.05) is 5.32 Å². The number of nitrogens with zero attached hydrogens (tertiary/aromatic N) is 1. The van der Waals surface area contributed by atoms with Gasteiger partial charge in [0, 0.05) is 29.5 Å². The van der Waals surface area contributed by atoms with Crippen LogP contribution in [0, 0.1) is 0 Å². The molecule has 23 heavy (non-hydrogen) atoms. The third-order valence-electron chi connectivity index (χ3n) is 3.63. The second-order valence-electron chi connectivity index (χ2n) is 5.37. The highest BCUT2D eigenvalue weighted by molar-refractivity contribution is 6.04. The normalized spacial score (nSPS) is 10.7. The van der Waals surface area contributed by atoms with E-state index in [0.29, 0.717) is 11.3 Å². The summed E-state index contributed by atoms with van der Waals surface area (Å²) in [5.41, 5.74) is 2.74. The first-order chi connectivity index (χ1) is 11.2. The number of rotatable bonds is 4. The molecule has 0 bridgehead atoms. The minimum Gasteiger partial charge on any atom is -0.322 e. The molecule has 3 rings (SSSR count). The molecule has 0 saturated carbocycles. The van der Waals surface area contributed by atoms with E-state index in [2.05, 4.69) is 22.2 Å². The van der Waals surface area contributed by atoms with Crippen molar-refractivity contribution in [1.29, 1.82) is 0 Å². The Balaban J connectivity index is 1.94. The van der Waals surface area contributed by atoms with Gasteiger partial charge >= 0.3 is 0 Å². The summed E-state index contributed by atoms with van der Waals surface area (Å²) in [5, 5.41) is 3.83. The van der Waals surface area contributed by atoms with Crippen molar-refractivity contribution >= 4 is 22.5 Å². The number of H-pyrrole nitrogens is 1. The van der Waals surface area contributed by atoms with Gasteiger partial charge in [0.25, 0.3) is 5.91 Å². The van der Waals surface area contributed by atoms with E-state index in [0.717, 1.165) is 29.3 Å². The first-order valence-electron chi connectivity index (χ1n) is 7.54. The van der Waals surface area contributed by atoms with Crippen LogP contribution in [0.15, 0.2) is 53.6 Å². The lowest BCUT2D eigenvalue weighted by atomic mass is 10.0. The molecule has 0 unspecified atom stereocenters. The lowest BCUT2D eigenvalue weighted by Gasteiger charge is -2.09. The number of nitrogens with one attached hydrogen (secondary N) is 2. The zero-order chi connectivity index (χ0) is 16.2. The van der Waals surface area contributed by atoms with Crippen LogP contribution < -0.4 is 10.9 Å². The fraction of sp³-hybridized carbons (Fsp3) is 0.167. The lowest BCUT2D eigenvalue weighted by Crippen LogP contribution is -2.12. The molecule has 0 aliphatic heterocycles. The van der Waals surface area contributed by atoms with E-state index in [1.165, 1.54) is 6.20 Å². The van der Waals surface area contributed by atoms with Gasteiger partial charge in [-0.15, -0.1) is 0 Å². The Kier molecular flexibility index (Phi) is 4.19. The van der Waals surface area contributed by atoms with Gasteiger partial charge < -0.3 is 10.3 Å². The molecule has 0 aliphatic carbocycles. The summed E-state index contributed by atoms with van der Waals surface area (Å²) in [6.45, 7) is 2.08. The third kappa shape index (κ3) is 3.29. The van der Waals surface area contributed by atoms with Crippen molar-refractivity contribution in [2.45, 2.75) is 19.8 Å². The van der Waals surface area contributed by atoms with E-state index in [4.69, 9.17) is 0 Å². The average Bonchev–Trinajstić information content (AvgIpc) is 2.55. The zero-order valence-corrected chi connectivity index (χ0v) is 12.8. The Morgan fingerprint density at radius 2 is 2.13 bits per heavy atom. The number of pyridine rings is 2. The number of fused-ring (bicyclic) bond motifs is 1. The molecule has 2 heterocycles. The third-order valence-corrected chi connectivity index (χ3v) is 3.63. The SMILES string of the molecule is CCCc1cc(=O)[nH]c2cc(NC(=O)c3cccnc3)ccc12. The van der Waals surface area contributed by atoms with Gasteiger partial charge in [-0.05, 0) is 36.2 Å². The van der Waals surface area contributed by atoms with Crippen LogP contribution in [0.25, 0.3) is 10.9 Å². The van der Waals surface area contributed by atoms with Crippen LogP contribution in [0.5, 0.6) is 0 Å². The number of aromatic nitrogens is 2. The Morgan fingerprint density at radius 3 is 2.87 bits per heavy atom. The summed E-state index contributed by atoms with van der Waals surface area (Å²) >= 11 is 0. The summed E-state index contributed by atoms with van der Waals surface area (Å²) in [4.78, 5) is 30.7. The highest BCUT2D eigenvalue weighted by Gasteiger charge is 2.08. The van der Waals surface area contributed by atoms with Crippen LogP contribution in [0.2, 0.25) is 0 Å². The number of carbonyl (C=O) groups excluding carboxylic acids is 1. The van der Waals surface area contributed by atoms with Gasteiger partial charge in [-0.25, -0.2) is 0 Å². The number of aromatic amines is 1. The molecule has 0 spiro atoms. The number of hydrogen-bond donors (Lipinski definition) is 2. The molecule has 2 N–H and O–H groups in total. The number of amides is 1. The molecular weight excluding hydrogens is 290 g/mol. The molecular formula is C18H17N3O2. The fourth-order valence-electron chi connectivity index (χ4n) is 2.59. The molecule has 0 atom stereocenters. The van der Waals surface area contributed by atoms with Gasteiger partial charge in [0.15, 0.2) is 0 Å². The number of anilines is 1. The molecule has 0 fully saturated rings. The lowest BCUT2D eigenvalue weighted by molar-refractivity contribution is 0.102. The van der Waals surface area contributed by atoms with Crippen molar-refractivity contribution in [2.24, 2.45) is 0 Å². The number of hydrogen-bond acceptors (Lipinski definition) is 3. The van der Waals surface area contributed by atoms with Gasteiger partial charge in [0.2, 0.25) is 5.56 Å². The van der Waals surface area contributed by atoms with Crippen LogP contribution in [0.1, 0.15) is 29.3 Å². The summed E-state index contributed by atoms with van der Waals surface area (Å²) < 4.78 is 0. The number of carbonyl (C=O) groups is 1. The number of benzene rings is 1. The maximum Gasteiger partial charge on any atom is 0.257 e. The van der Waals surface area contributed by atoms with Crippen LogP contribution in [-0.2, 0) is 6.42 Å². The van der Waals surface area contributed by atoms with E-state index >= 15 is 0 Å². The Morgan fingerprint density at radius 1 is 1.26 bits per heavy atom. The van der Waals surface area contributed by atoms with E-state index in [-0.39, 0.29) is 11.5 Å². The van der Waals surface area contributed by atoms with Crippen molar-refractivity contribution in [3.8, 4) is 0 Å². The molecule has 3 aromatic rings. The maximum atomic E-state index is 12.2. The second-order valence-corrected chi connectivity index (χ2v) is 5.37. The van der Waals surface area contributed by atoms with E-state index in [1.807, 2.05) is 12.1 Å². The monoisotopic (exact) mass is 307 g/mol. The molecule has 0 aliphatic rings. The van der Waals surface area contributed by atoms with Crippen molar-refractivity contribution < 1.29 is 4.79 Å². The first kappa shape index (κ1) is 15.0. The first-order valence-corrected chi connectivity index (χ1v) is 7.54. The molecule has 2 aromatic heterocycles. The van der Waals surface area contributed by atoms with Crippen molar-refractivity contribution in [3.63, 3.8) is 0 Å². The van der Waals surface area contributed by atoms with Crippen LogP contribution in [0.3, 0.4) is 0 Å². The maximum absolute atomic E-state index is 12.2. The summed E-state index contributed by atoms with van der Waals surface area (Å²) in [5.74, 6) is -0.232. The molecule has 1 amide bonds. The number of aryl methyl sites for hydroxylation is 1. The molecule has 1 aromatic carbocycles. The van der Waals surface area contributed by atoms with Crippen LogP contribution in [-0.4, -0.2) is 15.9 Å². The summed E-state index contributed by atoms with van der Waals surface area (Å²) in [6, 6.07) is 10.6. The van der Waals surface area contributed by atoms with Gasteiger partial charge in [-0.1, -0.05) is 19.4 Å². The van der Waals surface area contributed by atoms with Crippen LogP contribution >= 0.6 is 0 Å². The average molecular weight is 307 g/mol. The zero-order valence-electron chi connectivity index (χ0n) is 12.8.